The second-order valence-electron chi connectivity index (χ2n) is 4.21. The molecule has 1 aromatic heterocycles. The molecule has 0 spiro atoms. The Morgan fingerprint density at radius 1 is 1.33 bits per heavy atom. The first-order chi connectivity index (χ1) is 8.72. The number of rotatable bonds is 5. The van der Waals surface area contributed by atoms with Gasteiger partial charge in [0.2, 0.25) is 5.89 Å². The molecule has 1 heterocycles. The van der Waals surface area contributed by atoms with Gasteiger partial charge in [0.05, 0.1) is 11.7 Å². The standard InChI is InChI=1S/C13H17N3OS/c1-9(12(14)10-6-4-3-5-7-10)13-15-11(8-18-2)16-17-13/h3-7,9,12H,8,14H2,1-2H3. The fraction of sp³-hybridized carbons (Fsp3) is 0.385. The van der Waals surface area contributed by atoms with E-state index in [0.29, 0.717) is 5.89 Å². The van der Waals surface area contributed by atoms with E-state index in [1.807, 2.05) is 43.5 Å². The van der Waals surface area contributed by atoms with Crippen molar-refractivity contribution in [2.45, 2.75) is 24.6 Å². The van der Waals surface area contributed by atoms with E-state index in [1.54, 1.807) is 11.8 Å². The number of aromatic nitrogens is 2. The predicted octanol–water partition coefficient (Wildman–Crippen LogP) is 2.74. The summed E-state index contributed by atoms with van der Waals surface area (Å²) in [5.41, 5.74) is 7.30. The van der Waals surface area contributed by atoms with Gasteiger partial charge in [0.15, 0.2) is 5.82 Å². The molecule has 4 nitrogen and oxygen atoms in total. The summed E-state index contributed by atoms with van der Waals surface area (Å²) in [6.45, 7) is 2.01. The van der Waals surface area contributed by atoms with Crippen LogP contribution in [0.2, 0.25) is 0 Å². The number of nitrogens with two attached hydrogens (primary N) is 1. The molecule has 96 valence electrons. The van der Waals surface area contributed by atoms with Gasteiger partial charge in [-0.25, -0.2) is 0 Å². The molecule has 0 aliphatic heterocycles. The Bertz CT molecular complexity index is 486. The summed E-state index contributed by atoms with van der Waals surface area (Å²) in [5, 5.41) is 3.94. The van der Waals surface area contributed by atoms with Crippen LogP contribution in [0.25, 0.3) is 0 Å². The van der Waals surface area contributed by atoms with Crippen molar-refractivity contribution in [3.05, 3.63) is 47.6 Å². The first-order valence-electron chi connectivity index (χ1n) is 5.84. The molecule has 5 heteroatoms. The summed E-state index contributed by atoms with van der Waals surface area (Å²) < 4.78 is 5.27. The molecule has 2 atom stereocenters. The monoisotopic (exact) mass is 263 g/mol. The van der Waals surface area contributed by atoms with Crippen molar-refractivity contribution in [1.29, 1.82) is 0 Å². The predicted molar refractivity (Wildman–Crippen MR) is 73.3 cm³/mol. The largest absolute Gasteiger partial charge is 0.339 e. The van der Waals surface area contributed by atoms with Crippen molar-refractivity contribution in [2.24, 2.45) is 5.73 Å². The van der Waals surface area contributed by atoms with Gasteiger partial charge in [-0.2, -0.15) is 16.7 Å². The zero-order chi connectivity index (χ0) is 13.0. The Morgan fingerprint density at radius 3 is 2.72 bits per heavy atom. The van der Waals surface area contributed by atoms with Crippen LogP contribution in [0.1, 0.15) is 36.2 Å². The van der Waals surface area contributed by atoms with Crippen LogP contribution >= 0.6 is 11.8 Å². The van der Waals surface area contributed by atoms with E-state index in [9.17, 15) is 0 Å². The quantitative estimate of drug-likeness (QED) is 0.898. The van der Waals surface area contributed by atoms with Crippen molar-refractivity contribution >= 4 is 11.8 Å². The highest BCUT2D eigenvalue weighted by Crippen LogP contribution is 2.27. The van der Waals surface area contributed by atoms with Crippen molar-refractivity contribution < 1.29 is 4.52 Å². The van der Waals surface area contributed by atoms with E-state index in [2.05, 4.69) is 10.1 Å². The van der Waals surface area contributed by atoms with Crippen molar-refractivity contribution in [1.82, 2.24) is 10.1 Å². The Hall–Kier alpha value is -1.33. The second kappa shape index (κ2) is 6.02. The summed E-state index contributed by atoms with van der Waals surface area (Å²) in [5.74, 6) is 2.10. The highest BCUT2D eigenvalue weighted by atomic mass is 32.2. The lowest BCUT2D eigenvalue weighted by Gasteiger charge is -2.16. The lowest BCUT2D eigenvalue weighted by atomic mass is 9.95. The molecule has 0 fully saturated rings. The minimum absolute atomic E-state index is 0.00973. The molecule has 2 N–H and O–H groups in total. The first-order valence-corrected chi connectivity index (χ1v) is 7.23. The number of hydrogen-bond donors (Lipinski definition) is 1. The Labute approximate surface area is 111 Å². The maximum atomic E-state index is 6.22. The van der Waals surface area contributed by atoms with E-state index < -0.39 is 0 Å². The molecule has 0 amide bonds. The fourth-order valence-corrected chi connectivity index (χ4v) is 2.13. The van der Waals surface area contributed by atoms with Crippen molar-refractivity contribution in [3.8, 4) is 0 Å². The van der Waals surface area contributed by atoms with Gasteiger partial charge in [-0.05, 0) is 11.8 Å². The molecule has 0 saturated carbocycles. The maximum absolute atomic E-state index is 6.22. The third-order valence-electron chi connectivity index (χ3n) is 2.87. The topological polar surface area (TPSA) is 64.9 Å². The Kier molecular flexibility index (Phi) is 4.38. The van der Waals surface area contributed by atoms with E-state index >= 15 is 0 Å². The molecular weight excluding hydrogens is 246 g/mol. The third kappa shape index (κ3) is 2.91. The van der Waals surface area contributed by atoms with Gasteiger partial charge in [0, 0.05) is 6.04 Å². The smallest absolute Gasteiger partial charge is 0.231 e. The molecule has 2 rings (SSSR count). The van der Waals surface area contributed by atoms with Crippen LogP contribution in [0.4, 0.5) is 0 Å². The maximum Gasteiger partial charge on any atom is 0.231 e. The third-order valence-corrected chi connectivity index (χ3v) is 3.42. The fourth-order valence-electron chi connectivity index (χ4n) is 1.76. The van der Waals surface area contributed by atoms with Crippen LogP contribution in [0, 0.1) is 0 Å². The lowest BCUT2D eigenvalue weighted by Crippen LogP contribution is -2.17. The summed E-state index contributed by atoms with van der Waals surface area (Å²) in [7, 11) is 0. The van der Waals surface area contributed by atoms with Crippen LogP contribution in [0.15, 0.2) is 34.9 Å². The van der Waals surface area contributed by atoms with E-state index in [4.69, 9.17) is 10.3 Å². The zero-order valence-corrected chi connectivity index (χ0v) is 11.4. The Morgan fingerprint density at radius 2 is 2.06 bits per heavy atom. The summed E-state index contributed by atoms with van der Waals surface area (Å²) >= 11 is 1.67. The molecule has 0 bridgehead atoms. The van der Waals surface area contributed by atoms with Gasteiger partial charge >= 0.3 is 0 Å². The number of thioether (sulfide) groups is 1. The molecule has 1 aromatic carbocycles. The minimum Gasteiger partial charge on any atom is -0.339 e. The molecule has 18 heavy (non-hydrogen) atoms. The van der Waals surface area contributed by atoms with Gasteiger partial charge in [-0.3, -0.25) is 0 Å². The number of nitrogens with zero attached hydrogens (tertiary/aromatic N) is 2. The zero-order valence-electron chi connectivity index (χ0n) is 10.5. The highest BCUT2D eigenvalue weighted by Gasteiger charge is 2.22. The van der Waals surface area contributed by atoms with Gasteiger partial charge in [0.25, 0.3) is 0 Å². The summed E-state index contributed by atoms with van der Waals surface area (Å²) in [4.78, 5) is 4.37. The SMILES string of the molecule is CSCc1noc(C(C)C(N)c2ccccc2)n1. The van der Waals surface area contributed by atoms with Crippen LogP contribution < -0.4 is 5.73 Å². The normalized spacial score (nSPS) is 14.4. The second-order valence-corrected chi connectivity index (χ2v) is 5.07. The summed E-state index contributed by atoms with van der Waals surface area (Å²) in [6, 6.07) is 9.84. The van der Waals surface area contributed by atoms with Crippen LogP contribution in [-0.4, -0.2) is 16.4 Å². The van der Waals surface area contributed by atoms with Gasteiger partial charge in [-0.1, -0.05) is 42.4 Å². The highest BCUT2D eigenvalue weighted by molar-refractivity contribution is 7.97. The molecule has 0 aliphatic carbocycles. The summed E-state index contributed by atoms with van der Waals surface area (Å²) in [6.07, 6.45) is 2.01. The number of benzene rings is 1. The van der Waals surface area contributed by atoms with E-state index in [1.165, 1.54) is 0 Å². The Balaban J connectivity index is 2.12. The van der Waals surface area contributed by atoms with Crippen LogP contribution in [0.5, 0.6) is 0 Å². The average Bonchev–Trinajstić information content (AvgIpc) is 2.87. The number of hydrogen-bond acceptors (Lipinski definition) is 5. The van der Waals surface area contributed by atoms with Crippen molar-refractivity contribution in [3.63, 3.8) is 0 Å². The molecular formula is C13H17N3OS. The van der Waals surface area contributed by atoms with Crippen LogP contribution in [-0.2, 0) is 5.75 Å². The molecule has 0 aliphatic rings. The molecule has 2 unspecified atom stereocenters. The van der Waals surface area contributed by atoms with Crippen molar-refractivity contribution in [2.75, 3.05) is 6.26 Å². The average molecular weight is 263 g/mol. The van der Waals surface area contributed by atoms with Gasteiger partial charge in [0.1, 0.15) is 0 Å². The van der Waals surface area contributed by atoms with E-state index in [0.717, 1.165) is 17.1 Å². The minimum atomic E-state index is -0.131. The molecule has 0 radical (unpaired) electrons. The molecule has 0 saturated heterocycles. The van der Waals surface area contributed by atoms with E-state index in [-0.39, 0.29) is 12.0 Å². The first kappa shape index (κ1) is 13.1. The van der Waals surface area contributed by atoms with Gasteiger partial charge in [-0.15, -0.1) is 0 Å². The van der Waals surface area contributed by atoms with Crippen LogP contribution in [0.3, 0.4) is 0 Å². The molecule has 2 aromatic rings. The lowest BCUT2D eigenvalue weighted by molar-refractivity contribution is 0.341. The van der Waals surface area contributed by atoms with Gasteiger partial charge < -0.3 is 10.3 Å².